The second kappa shape index (κ2) is 7.26. The fraction of sp³-hybridized carbons (Fsp3) is 1.00. The van der Waals surface area contributed by atoms with Gasteiger partial charge in [0.2, 0.25) is 0 Å². The topological polar surface area (TPSA) is 15.3 Å². The molecule has 0 bridgehead atoms. The molecule has 3 unspecified atom stereocenters. The van der Waals surface area contributed by atoms with Gasteiger partial charge in [-0.15, -0.1) is 0 Å². The SMILES string of the molecule is CCCN(CC1CCCNC1)C1CC(C)CC(C)(C)C1. The lowest BCUT2D eigenvalue weighted by molar-refractivity contribution is 0.0536. The van der Waals surface area contributed by atoms with Crippen molar-refractivity contribution >= 4 is 0 Å². The molecule has 2 heteroatoms. The average Bonchev–Trinajstić information content (AvgIpc) is 2.37. The molecule has 0 aromatic carbocycles. The Bertz CT molecular complexity index is 281. The second-order valence-corrected chi connectivity index (χ2v) is 8.27. The molecule has 0 radical (unpaired) electrons. The summed E-state index contributed by atoms with van der Waals surface area (Å²) in [6.07, 6.45) is 8.33. The summed E-state index contributed by atoms with van der Waals surface area (Å²) >= 11 is 0. The average molecular weight is 280 g/mol. The highest BCUT2D eigenvalue weighted by atomic mass is 15.2. The smallest absolute Gasteiger partial charge is 0.0103 e. The highest BCUT2D eigenvalue weighted by Crippen LogP contribution is 2.40. The highest BCUT2D eigenvalue weighted by Gasteiger charge is 2.35. The first-order valence-corrected chi connectivity index (χ1v) is 8.95. The highest BCUT2D eigenvalue weighted by molar-refractivity contribution is 4.89. The maximum Gasteiger partial charge on any atom is 0.0103 e. The van der Waals surface area contributed by atoms with Gasteiger partial charge in [-0.3, -0.25) is 0 Å². The third-order valence-electron chi connectivity index (χ3n) is 5.28. The molecular formula is C18H36N2. The van der Waals surface area contributed by atoms with E-state index in [9.17, 15) is 0 Å². The number of piperidine rings is 1. The van der Waals surface area contributed by atoms with Crippen LogP contribution in [0.3, 0.4) is 0 Å². The Balaban J connectivity index is 1.95. The van der Waals surface area contributed by atoms with Crippen LogP contribution in [0.15, 0.2) is 0 Å². The molecule has 1 aliphatic carbocycles. The Morgan fingerprint density at radius 1 is 1.25 bits per heavy atom. The predicted molar refractivity (Wildman–Crippen MR) is 88.0 cm³/mol. The summed E-state index contributed by atoms with van der Waals surface area (Å²) in [5.74, 6) is 1.78. The van der Waals surface area contributed by atoms with E-state index in [-0.39, 0.29) is 0 Å². The van der Waals surface area contributed by atoms with Crippen LogP contribution in [-0.4, -0.2) is 37.1 Å². The maximum atomic E-state index is 3.58. The summed E-state index contributed by atoms with van der Waals surface area (Å²) in [5.41, 5.74) is 0.541. The van der Waals surface area contributed by atoms with Crippen LogP contribution in [-0.2, 0) is 0 Å². The predicted octanol–water partition coefficient (Wildman–Crippen LogP) is 3.91. The number of nitrogens with one attached hydrogen (secondary N) is 1. The van der Waals surface area contributed by atoms with Gasteiger partial charge in [-0.05, 0) is 75.4 Å². The van der Waals surface area contributed by atoms with E-state index in [2.05, 4.69) is 37.9 Å². The molecule has 0 aromatic rings. The Morgan fingerprint density at radius 3 is 2.65 bits per heavy atom. The lowest BCUT2D eigenvalue weighted by Gasteiger charge is -2.45. The minimum absolute atomic E-state index is 0.541. The van der Waals surface area contributed by atoms with Crippen molar-refractivity contribution < 1.29 is 0 Å². The van der Waals surface area contributed by atoms with Crippen LogP contribution >= 0.6 is 0 Å². The van der Waals surface area contributed by atoms with E-state index in [1.165, 1.54) is 64.7 Å². The van der Waals surface area contributed by atoms with E-state index >= 15 is 0 Å². The van der Waals surface area contributed by atoms with Crippen LogP contribution in [0.5, 0.6) is 0 Å². The van der Waals surface area contributed by atoms with Crippen LogP contribution in [0.1, 0.15) is 66.2 Å². The van der Waals surface area contributed by atoms with E-state index < -0.39 is 0 Å². The van der Waals surface area contributed by atoms with Crippen molar-refractivity contribution in [1.29, 1.82) is 0 Å². The minimum atomic E-state index is 0.541. The number of rotatable bonds is 5. The van der Waals surface area contributed by atoms with Gasteiger partial charge in [-0.1, -0.05) is 27.7 Å². The van der Waals surface area contributed by atoms with E-state index in [0.717, 1.165) is 17.9 Å². The Kier molecular flexibility index (Phi) is 5.92. The van der Waals surface area contributed by atoms with Crippen molar-refractivity contribution in [2.24, 2.45) is 17.3 Å². The molecule has 0 amide bonds. The third kappa shape index (κ3) is 4.73. The molecule has 20 heavy (non-hydrogen) atoms. The minimum Gasteiger partial charge on any atom is -0.316 e. The second-order valence-electron chi connectivity index (χ2n) is 8.27. The largest absolute Gasteiger partial charge is 0.316 e. The molecule has 2 nitrogen and oxygen atoms in total. The van der Waals surface area contributed by atoms with Crippen LogP contribution in [0, 0.1) is 17.3 Å². The summed E-state index contributed by atoms with van der Waals surface area (Å²) in [7, 11) is 0. The molecule has 1 saturated heterocycles. The molecule has 0 aromatic heterocycles. The van der Waals surface area contributed by atoms with Crippen LogP contribution in [0.2, 0.25) is 0 Å². The fourth-order valence-electron chi connectivity index (χ4n) is 4.70. The van der Waals surface area contributed by atoms with Crippen LogP contribution in [0.25, 0.3) is 0 Å². The molecule has 1 aliphatic heterocycles. The first-order chi connectivity index (χ1) is 9.50. The summed E-state index contributed by atoms with van der Waals surface area (Å²) in [4.78, 5) is 2.84. The number of hydrogen-bond donors (Lipinski definition) is 1. The van der Waals surface area contributed by atoms with Crippen molar-refractivity contribution in [3.63, 3.8) is 0 Å². The zero-order valence-corrected chi connectivity index (χ0v) is 14.3. The summed E-state index contributed by atoms with van der Waals surface area (Å²) in [5, 5.41) is 3.58. The van der Waals surface area contributed by atoms with E-state index in [1.54, 1.807) is 0 Å². The van der Waals surface area contributed by atoms with Gasteiger partial charge in [-0.25, -0.2) is 0 Å². The number of nitrogens with zero attached hydrogens (tertiary/aromatic N) is 1. The standard InChI is InChI=1S/C18H36N2/c1-5-9-20(14-16-7-6-8-19-13-16)17-10-15(2)11-18(3,4)12-17/h15-17,19H,5-14H2,1-4H3. The lowest BCUT2D eigenvalue weighted by atomic mass is 9.70. The van der Waals surface area contributed by atoms with E-state index in [4.69, 9.17) is 0 Å². The molecule has 2 fully saturated rings. The Hall–Kier alpha value is -0.0800. The molecular weight excluding hydrogens is 244 g/mol. The van der Waals surface area contributed by atoms with Crippen molar-refractivity contribution in [1.82, 2.24) is 10.2 Å². The van der Waals surface area contributed by atoms with Gasteiger partial charge in [0, 0.05) is 12.6 Å². The van der Waals surface area contributed by atoms with Gasteiger partial charge in [0.15, 0.2) is 0 Å². The maximum absolute atomic E-state index is 3.58. The lowest BCUT2D eigenvalue weighted by Crippen LogP contribution is -2.47. The monoisotopic (exact) mass is 280 g/mol. The van der Waals surface area contributed by atoms with E-state index in [0.29, 0.717) is 5.41 Å². The quantitative estimate of drug-likeness (QED) is 0.821. The summed E-state index contributed by atoms with van der Waals surface area (Å²) < 4.78 is 0. The van der Waals surface area contributed by atoms with Crippen molar-refractivity contribution in [3.8, 4) is 0 Å². The van der Waals surface area contributed by atoms with Gasteiger partial charge < -0.3 is 10.2 Å². The van der Waals surface area contributed by atoms with Gasteiger partial charge in [0.1, 0.15) is 0 Å². The molecule has 1 N–H and O–H groups in total. The fourth-order valence-corrected chi connectivity index (χ4v) is 4.70. The van der Waals surface area contributed by atoms with Gasteiger partial charge in [-0.2, -0.15) is 0 Å². The number of hydrogen-bond acceptors (Lipinski definition) is 2. The van der Waals surface area contributed by atoms with Gasteiger partial charge in [0.25, 0.3) is 0 Å². The zero-order valence-electron chi connectivity index (χ0n) is 14.3. The molecule has 3 atom stereocenters. The normalized spacial score (nSPS) is 34.4. The van der Waals surface area contributed by atoms with Crippen molar-refractivity contribution in [2.45, 2.75) is 72.3 Å². The molecule has 2 aliphatic rings. The van der Waals surface area contributed by atoms with Crippen LogP contribution < -0.4 is 5.32 Å². The molecule has 118 valence electrons. The Labute approximate surface area is 126 Å². The zero-order chi connectivity index (χ0) is 14.6. The summed E-state index contributed by atoms with van der Waals surface area (Å²) in [6, 6.07) is 0.829. The van der Waals surface area contributed by atoms with Gasteiger partial charge in [0.05, 0.1) is 0 Å². The van der Waals surface area contributed by atoms with Gasteiger partial charge >= 0.3 is 0 Å². The van der Waals surface area contributed by atoms with E-state index in [1.807, 2.05) is 0 Å². The summed E-state index contributed by atoms with van der Waals surface area (Å²) in [6.45, 7) is 14.8. The van der Waals surface area contributed by atoms with Crippen molar-refractivity contribution in [2.75, 3.05) is 26.2 Å². The Morgan fingerprint density at radius 2 is 2.05 bits per heavy atom. The van der Waals surface area contributed by atoms with Crippen molar-refractivity contribution in [3.05, 3.63) is 0 Å². The first kappa shape index (κ1) is 16.3. The van der Waals surface area contributed by atoms with Crippen LogP contribution in [0.4, 0.5) is 0 Å². The molecule has 0 spiro atoms. The third-order valence-corrected chi connectivity index (χ3v) is 5.28. The first-order valence-electron chi connectivity index (χ1n) is 8.95. The molecule has 2 rings (SSSR count). The molecule has 1 heterocycles. The molecule has 1 saturated carbocycles.